The highest BCUT2D eigenvalue weighted by Gasteiger charge is 2.23. The Balaban J connectivity index is 1.99. The van der Waals surface area contributed by atoms with Gasteiger partial charge in [0.15, 0.2) is 0 Å². The number of thiophene rings is 1. The Morgan fingerprint density at radius 1 is 1.35 bits per heavy atom. The third kappa shape index (κ3) is 2.50. The van der Waals surface area contributed by atoms with Gasteiger partial charge in [-0.15, -0.1) is 11.3 Å². The summed E-state index contributed by atoms with van der Waals surface area (Å²) in [6, 6.07) is 9.28. The molecule has 104 valence electrons. The summed E-state index contributed by atoms with van der Waals surface area (Å²) in [4.78, 5) is 3.36. The molecule has 0 spiro atoms. The number of allylic oxidation sites excluding steroid dienone is 1. The molecule has 0 radical (unpaired) electrons. The molecule has 1 nitrogen and oxygen atoms in total. The van der Waals surface area contributed by atoms with Gasteiger partial charge in [0, 0.05) is 24.2 Å². The minimum Gasteiger partial charge on any atom is -0.378 e. The summed E-state index contributed by atoms with van der Waals surface area (Å²) in [5.74, 6) is 0.278. The van der Waals surface area contributed by atoms with Crippen LogP contribution in [0.25, 0.3) is 10.4 Å². The molecule has 0 aliphatic carbocycles. The highest BCUT2D eigenvalue weighted by molar-refractivity contribution is 7.13. The van der Waals surface area contributed by atoms with E-state index in [1.165, 1.54) is 11.3 Å². The molecule has 2 heterocycles. The highest BCUT2D eigenvalue weighted by Crippen LogP contribution is 2.39. The SMILES string of the molecule is C=C1CC(c2ccc(F)cc2-c2cccs2)CCN1C. The van der Waals surface area contributed by atoms with Gasteiger partial charge in [-0.3, -0.25) is 0 Å². The number of benzene rings is 1. The van der Waals surface area contributed by atoms with Crippen molar-refractivity contribution in [3.63, 3.8) is 0 Å². The molecule has 1 aromatic carbocycles. The molecule has 2 aromatic rings. The fourth-order valence-corrected chi connectivity index (χ4v) is 3.61. The van der Waals surface area contributed by atoms with Gasteiger partial charge >= 0.3 is 0 Å². The third-order valence-corrected chi connectivity index (χ3v) is 4.98. The van der Waals surface area contributed by atoms with Crippen molar-refractivity contribution in [3.05, 3.63) is 59.4 Å². The zero-order valence-electron chi connectivity index (χ0n) is 11.6. The van der Waals surface area contributed by atoms with Crippen LogP contribution in [-0.4, -0.2) is 18.5 Å². The quantitative estimate of drug-likeness (QED) is 0.761. The van der Waals surface area contributed by atoms with Crippen LogP contribution in [0.5, 0.6) is 0 Å². The van der Waals surface area contributed by atoms with Crippen molar-refractivity contribution < 1.29 is 4.39 Å². The second kappa shape index (κ2) is 5.41. The highest BCUT2D eigenvalue weighted by atomic mass is 32.1. The Labute approximate surface area is 123 Å². The number of piperidine rings is 1. The molecule has 3 rings (SSSR count). The Hall–Kier alpha value is -1.61. The number of likely N-dealkylation sites (tertiary alicyclic amines) is 1. The summed E-state index contributed by atoms with van der Waals surface area (Å²) in [5, 5.41) is 2.04. The second-order valence-corrected chi connectivity index (χ2v) is 6.33. The summed E-state index contributed by atoms with van der Waals surface area (Å²) in [6.07, 6.45) is 2.06. The molecule has 3 heteroatoms. The number of halogens is 1. The van der Waals surface area contributed by atoms with Crippen LogP contribution >= 0.6 is 11.3 Å². The molecule has 0 N–H and O–H groups in total. The van der Waals surface area contributed by atoms with Gasteiger partial charge in [-0.2, -0.15) is 0 Å². The molecule has 1 atom stereocenters. The van der Waals surface area contributed by atoms with Crippen LogP contribution < -0.4 is 0 Å². The summed E-state index contributed by atoms with van der Waals surface area (Å²) in [7, 11) is 2.09. The van der Waals surface area contributed by atoms with E-state index in [1.807, 2.05) is 17.5 Å². The lowest BCUT2D eigenvalue weighted by molar-refractivity contribution is 0.322. The van der Waals surface area contributed by atoms with Crippen molar-refractivity contribution in [1.29, 1.82) is 0 Å². The second-order valence-electron chi connectivity index (χ2n) is 5.39. The largest absolute Gasteiger partial charge is 0.378 e. The first-order valence-electron chi connectivity index (χ1n) is 6.87. The van der Waals surface area contributed by atoms with Crippen LogP contribution in [0.3, 0.4) is 0 Å². The summed E-state index contributed by atoms with van der Waals surface area (Å²) < 4.78 is 13.6. The molecule has 0 bridgehead atoms. The lowest BCUT2D eigenvalue weighted by Crippen LogP contribution is -2.27. The molecular weight excluding hydrogens is 269 g/mol. The van der Waals surface area contributed by atoms with E-state index in [0.717, 1.165) is 29.8 Å². The van der Waals surface area contributed by atoms with E-state index < -0.39 is 0 Å². The molecule has 1 aromatic heterocycles. The fourth-order valence-electron chi connectivity index (χ4n) is 2.85. The lowest BCUT2D eigenvalue weighted by Gasteiger charge is -2.33. The summed E-state index contributed by atoms with van der Waals surface area (Å²) in [5.41, 5.74) is 3.47. The van der Waals surface area contributed by atoms with Crippen molar-refractivity contribution in [2.45, 2.75) is 18.8 Å². The zero-order chi connectivity index (χ0) is 14.1. The van der Waals surface area contributed by atoms with E-state index in [-0.39, 0.29) is 5.82 Å². The fraction of sp³-hybridized carbons (Fsp3) is 0.294. The van der Waals surface area contributed by atoms with Crippen molar-refractivity contribution in [2.75, 3.05) is 13.6 Å². The van der Waals surface area contributed by atoms with Crippen LogP contribution in [0.1, 0.15) is 24.3 Å². The van der Waals surface area contributed by atoms with Gasteiger partial charge in [-0.1, -0.05) is 18.7 Å². The summed E-state index contributed by atoms with van der Waals surface area (Å²) >= 11 is 1.66. The molecule has 1 aliphatic heterocycles. The van der Waals surface area contributed by atoms with Gasteiger partial charge in [0.1, 0.15) is 5.82 Å². The standard InChI is InChI=1S/C17H18FNS/c1-12-10-13(7-8-19(12)2)15-6-5-14(18)11-16(15)17-4-3-9-20-17/h3-6,9,11,13H,1,7-8,10H2,2H3. The van der Waals surface area contributed by atoms with Gasteiger partial charge in [0.05, 0.1) is 0 Å². The van der Waals surface area contributed by atoms with Crippen LogP contribution in [0.15, 0.2) is 48.0 Å². The van der Waals surface area contributed by atoms with E-state index in [0.29, 0.717) is 5.92 Å². The number of hydrogen-bond donors (Lipinski definition) is 0. The first kappa shape index (κ1) is 13.4. The Bertz CT molecular complexity index is 618. The zero-order valence-corrected chi connectivity index (χ0v) is 12.4. The van der Waals surface area contributed by atoms with Crippen LogP contribution in [0.4, 0.5) is 4.39 Å². The van der Waals surface area contributed by atoms with Gasteiger partial charge in [-0.25, -0.2) is 4.39 Å². The van der Waals surface area contributed by atoms with Gasteiger partial charge in [-0.05, 0) is 53.5 Å². The number of rotatable bonds is 2. The minimum absolute atomic E-state index is 0.163. The molecule has 1 saturated heterocycles. The van der Waals surface area contributed by atoms with Gasteiger partial charge in [0.25, 0.3) is 0 Å². The van der Waals surface area contributed by atoms with Crippen molar-refractivity contribution in [2.24, 2.45) is 0 Å². The maximum Gasteiger partial charge on any atom is 0.123 e. The topological polar surface area (TPSA) is 3.24 Å². The average molecular weight is 287 g/mol. The average Bonchev–Trinajstić information content (AvgIpc) is 2.96. The normalized spacial score (nSPS) is 19.4. The molecule has 0 saturated carbocycles. The van der Waals surface area contributed by atoms with Crippen molar-refractivity contribution in [1.82, 2.24) is 4.90 Å². The maximum absolute atomic E-state index is 13.6. The van der Waals surface area contributed by atoms with Crippen LogP contribution in [0, 0.1) is 5.82 Å². The summed E-state index contributed by atoms with van der Waals surface area (Å²) in [6.45, 7) is 5.15. The smallest absolute Gasteiger partial charge is 0.123 e. The lowest BCUT2D eigenvalue weighted by atomic mass is 9.85. The predicted molar refractivity (Wildman–Crippen MR) is 83.5 cm³/mol. The number of nitrogens with zero attached hydrogens (tertiary/aromatic N) is 1. The molecular formula is C17H18FNS. The molecule has 1 fully saturated rings. The molecule has 1 unspecified atom stereocenters. The maximum atomic E-state index is 13.6. The van der Waals surface area contributed by atoms with E-state index in [4.69, 9.17) is 0 Å². The first-order valence-corrected chi connectivity index (χ1v) is 7.75. The van der Waals surface area contributed by atoms with E-state index in [2.05, 4.69) is 24.6 Å². The minimum atomic E-state index is -0.163. The predicted octanol–water partition coefficient (Wildman–Crippen LogP) is 4.88. The van der Waals surface area contributed by atoms with Crippen molar-refractivity contribution in [3.8, 4) is 10.4 Å². The van der Waals surface area contributed by atoms with E-state index in [9.17, 15) is 4.39 Å². The van der Waals surface area contributed by atoms with Gasteiger partial charge in [0.2, 0.25) is 0 Å². The Kier molecular flexibility index (Phi) is 3.62. The number of hydrogen-bond acceptors (Lipinski definition) is 2. The first-order chi connectivity index (χ1) is 9.65. The van der Waals surface area contributed by atoms with Crippen molar-refractivity contribution >= 4 is 11.3 Å². The van der Waals surface area contributed by atoms with Crippen LogP contribution in [0.2, 0.25) is 0 Å². The Morgan fingerprint density at radius 3 is 2.90 bits per heavy atom. The molecule has 1 aliphatic rings. The molecule has 0 amide bonds. The monoisotopic (exact) mass is 287 g/mol. The Morgan fingerprint density at radius 2 is 2.20 bits per heavy atom. The molecule has 20 heavy (non-hydrogen) atoms. The van der Waals surface area contributed by atoms with E-state index in [1.54, 1.807) is 23.5 Å². The van der Waals surface area contributed by atoms with Crippen LogP contribution in [-0.2, 0) is 0 Å². The van der Waals surface area contributed by atoms with E-state index >= 15 is 0 Å². The van der Waals surface area contributed by atoms with Gasteiger partial charge < -0.3 is 4.90 Å². The third-order valence-electron chi connectivity index (χ3n) is 4.08.